The summed E-state index contributed by atoms with van der Waals surface area (Å²) in [5.74, 6) is 0.772. The number of hydrogen-bond donors (Lipinski definition) is 1. The van der Waals surface area contributed by atoms with E-state index in [1.807, 2.05) is 30.3 Å². The maximum absolute atomic E-state index is 11.6. The van der Waals surface area contributed by atoms with Gasteiger partial charge in [0, 0.05) is 19.2 Å². The molecule has 1 N–H and O–H groups in total. The van der Waals surface area contributed by atoms with Gasteiger partial charge in [-0.05, 0) is 29.8 Å². The second-order valence-electron chi connectivity index (χ2n) is 4.72. The van der Waals surface area contributed by atoms with Gasteiger partial charge in [-0.2, -0.15) is 0 Å². The van der Waals surface area contributed by atoms with Gasteiger partial charge in [0.1, 0.15) is 5.75 Å². The number of rotatable bonds is 6. The van der Waals surface area contributed by atoms with E-state index < -0.39 is 0 Å². The second-order valence-corrected chi connectivity index (χ2v) is 4.72. The van der Waals surface area contributed by atoms with Gasteiger partial charge in [0.25, 0.3) is 0 Å². The average molecular weight is 300 g/mol. The number of carbonyl (C=O) groups excluding carboxylic acids is 1. The SMILES string of the molecule is CON(C)C(=O)Nc1ccc(OCCc2ccccc2)cc1. The topological polar surface area (TPSA) is 50.8 Å². The first-order valence-electron chi connectivity index (χ1n) is 7.04. The fourth-order valence-corrected chi connectivity index (χ4v) is 1.85. The first-order valence-corrected chi connectivity index (χ1v) is 7.04. The summed E-state index contributed by atoms with van der Waals surface area (Å²) in [7, 11) is 2.97. The summed E-state index contributed by atoms with van der Waals surface area (Å²) in [6.07, 6.45) is 0.859. The van der Waals surface area contributed by atoms with Crippen LogP contribution in [0.25, 0.3) is 0 Å². The molecule has 0 aliphatic heterocycles. The third kappa shape index (κ3) is 4.79. The van der Waals surface area contributed by atoms with E-state index in [9.17, 15) is 4.79 Å². The average Bonchev–Trinajstić information content (AvgIpc) is 2.56. The lowest BCUT2D eigenvalue weighted by Crippen LogP contribution is -2.30. The van der Waals surface area contributed by atoms with Crippen molar-refractivity contribution in [3.8, 4) is 5.75 Å². The molecular weight excluding hydrogens is 280 g/mol. The van der Waals surface area contributed by atoms with Crippen molar-refractivity contribution in [1.82, 2.24) is 5.06 Å². The van der Waals surface area contributed by atoms with Gasteiger partial charge < -0.3 is 10.1 Å². The molecule has 0 unspecified atom stereocenters. The Kier molecular flexibility index (Phi) is 5.80. The Morgan fingerprint density at radius 1 is 1.09 bits per heavy atom. The van der Waals surface area contributed by atoms with Gasteiger partial charge in [0.15, 0.2) is 0 Å². The van der Waals surface area contributed by atoms with Crippen molar-refractivity contribution in [2.45, 2.75) is 6.42 Å². The highest BCUT2D eigenvalue weighted by Crippen LogP contribution is 2.16. The molecular formula is C17H20N2O3. The van der Waals surface area contributed by atoms with Crippen LogP contribution in [0.1, 0.15) is 5.56 Å². The molecule has 22 heavy (non-hydrogen) atoms. The normalized spacial score (nSPS) is 10.1. The molecule has 2 rings (SSSR count). The van der Waals surface area contributed by atoms with E-state index in [2.05, 4.69) is 17.4 Å². The molecule has 5 heteroatoms. The Hall–Kier alpha value is -2.53. The summed E-state index contributed by atoms with van der Waals surface area (Å²) < 4.78 is 5.69. The molecule has 0 fully saturated rings. The van der Waals surface area contributed by atoms with Crippen LogP contribution in [-0.4, -0.2) is 31.9 Å². The number of nitrogens with one attached hydrogen (secondary N) is 1. The summed E-state index contributed by atoms with van der Waals surface area (Å²) in [6, 6.07) is 17.1. The van der Waals surface area contributed by atoms with Gasteiger partial charge in [-0.3, -0.25) is 4.84 Å². The van der Waals surface area contributed by atoms with Gasteiger partial charge in [-0.25, -0.2) is 9.86 Å². The van der Waals surface area contributed by atoms with E-state index >= 15 is 0 Å². The second kappa shape index (κ2) is 8.05. The van der Waals surface area contributed by atoms with Crippen LogP contribution in [-0.2, 0) is 11.3 Å². The molecule has 0 heterocycles. The first kappa shape index (κ1) is 15.9. The van der Waals surface area contributed by atoms with E-state index in [-0.39, 0.29) is 6.03 Å². The van der Waals surface area contributed by atoms with Crippen LogP contribution < -0.4 is 10.1 Å². The quantitative estimate of drug-likeness (QED) is 0.832. The van der Waals surface area contributed by atoms with Gasteiger partial charge in [-0.15, -0.1) is 0 Å². The standard InChI is InChI=1S/C17H20N2O3/c1-19(21-2)17(20)18-15-8-10-16(11-9-15)22-13-12-14-6-4-3-5-7-14/h3-11H,12-13H2,1-2H3,(H,18,20). The minimum atomic E-state index is -0.333. The van der Waals surface area contributed by atoms with Gasteiger partial charge in [-0.1, -0.05) is 30.3 Å². The van der Waals surface area contributed by atoms with Crippen LogP contribution >= 0.6 is 0 Å². The smallest absolute Gasteiger partial charge is 0.345 e. The lowest BCUT2D eigenvalue weighted by molar-refractivity contribution is -0.0598. The van der Waals surface area contributed by atoms with Crippen LogP contribution in [0, 0.1) is 0 Å². The van der Waals surface area contributed by atoms with Crippen molar-refractivity contribution in [2.24, 2.45) is 0 Å². The van der Waals surface area contributed by atoms with Crippen molar-refractivity contribution in [3.63, 3.8) is 0 Å². The van der Waals surface area contributed by atoms with Crippen LogP contribution in [0.4, 0.5) is 10.5 Å². The fourth-order valence-electron chi connectivity index (χ4n) is 1.85. The number of anilines is 1. The maximum atomic E-state index is 11.6. The largest absolute Gasteiger partial charge is 0.493 e. The molecule has 0 aliphatic carbocycles. The number of ether oxygens (including phenoxy) is 1. The monoisotopic (exact) mass is 300 g/mol. The zero-order chi connectivity index (χ0) is 15.8. The molecule has 0 radical (unpaired) electrons. The van der Waals surface area contributed by atoms with E-state index in [1.165, 1.54) is 19.7 Å². The highest BCUT2D eigenvalue weighted by atomic mass is 16.7. The third-order valence-electron chi connectivity index (χ3n) is 3.17. The number of hydroxylamine groups is 2. The van der Waals surface area contributed by atoms with Crippen molar-refractivity contribution in [1.29, 1.82) is 0 Å². The number of carbonyl (C=O) groups is 1. The minimum Gasteiger partial charge on any atom is -0.493 e. The molecule has 0 bridgehead atoms. The molecule has 0 atom stereocenters. The molecule has 0 spiro atoms. The first-order chi connectivity index (χ1) is 10.7. The predicted octanol–water partition coefficient (Wildman–Crippen LogP) is 3.33. The van der Waals surface area contributed by atoms with E-state index in [4.69, 9.17) is 9.57 Å². The Morgan fingerprint density at radius 2 is 1.77 bits per heavy atom. The molecule has 2 aromatic carbocycles. The molecule has 0 saturated carbocycles. The molecule has 0 aliphatic rings. The van der Waals surface area contributed by atoms with E-state index in [1.54, 1.807) is 12.1 Å². The molecule has 116 valence electrons. The van der Waals surface area contributed by atoms with E-state index in [0.717, 1.165) is 17.2 Å². The summed E-state index contributed by atoms with van der Waals surface area (Å²) >= 11 is 0. The third-order valence-corrected chi connectivity index (χ3v) is 3.17. The van der Waals surface area contributed by atoms with Gasteiger partial charge in [0.2, 0.25) is 0 Å². The molecule has 0 aromatic heterocycles. The molecule has 2 aromatic rings. The zero-order valence-corrected chi connectivity index (χ0v) is 12.8. The van der Waals surface area contributed by atoms with Crippen LogP contribution in [0.3, 0.4) is 0 Å². The number of nitrogens with zero attached hydrogens (tertiary/aromatic N) is 1. The van der Waals surface area contributed by atoms with Crippen molar-refractivity contribution in [3.05, 3.63) is 60.2 Å². The molecule has 2 amide bonds. The number of benzene rings is 2. The minimum absolute atomic E-state index is 0.333. The Labute approximate surface area is 130 Å². The number of urea groups is 1. The Morgan fingerprint density at radius 3 is 2.41 bits per heavy atom. The van der Waals surface area contributed by atoms with Crippen LogP contribution in [0.2, 0.25) is 0 Å². The van der Waals surface area contributed by atoms with Crippen LogP contribution in [0.5, 0.6) is 5.75 Å². The number of hydrogen-bond acceptors (Lipinski definition) is 3. The van der Waals surface area contributed by atoms with E-state index in [0.29, 0.717) is 12.3 Å². The van der Waals surface area contributed by atoms with Gasteiger partial charge >= 0.3 is 6.03 Å². The summed E-state index contributed by atoms with van der Waals surface area (Å²) in [5.41, 5.74) is 1.93. The molecule has 5 nitrogen and oxygen atoms in total. The summed E-state index contributed by atoms with van der Waals surface area (Å²) in [4.78, 5) is 16.4. The zero-order valence-electron chi connectivity index (χ0n) is 12.8. The van der Waals surface area contributed by atoms with Crippen molar-refractivity contribution >= 4 is 11.7 Å². The van der Waals surface area contributed by atoms with Gasteiger partial charge in [0.05, 0.1) is 13.7 Å². The summed E-state index contributed by atoms with van der Waals surface area (Å²) in [5, 5.41) is 3.82. The lowest BCUT2D eigenvalue weighted by Gasteiger charge is -2.14. The maximum Gasteiger partial charge on any atom is 0.345 e. The van der Waals surface area contributed by atoms with Crippen molar-refractivity contribution in [2.75, 3.05) is 26.1 Å². The van der Waals surface area contributed by atoms with Crippen LogP contribution in [0.15, 0.2) is 54.6 Å². The van der Waals surface area contributed by atoms with Crippen molar-refractivity contribution < 1.29 is 14.4 Å². The Balaban J connectivity index is 1.80. The highest BCUT2D eigenvalue weighted by molar-refractivity contribution is 5.88. The number of amides is 2. The molecule has 0 saturated heterocycles. The fraction of sp³-hybridized carbons (Fsp3) is 0.235. The predicted molar refractivity (Wildman–Crippen MR) is 85.9 cm³/mol. The Bertz CT molecular complexity index is 585. The summed E-state index contributed by atoms with van der Waals surface area (Å²) in [6.45, 7) is 0.613. The highest BCUT2D eigenvalue weighted by Gasteiger charge is 2.07. The lowest BCUT2D eigenvalue weighted by atomic mass is 10.2.